The Bertz CT molecular complexity index is 393. The van der Waals surface area contributed by atoms with Crippen LogP contribution in [0.3, 0.4) is 0 Å². The Labute approximate surface area is 101 Å². The van der Waals surface area contributed by atoms with E-state index in [4.69, 9.17) is 10.5 Å². The van der Waals surface area contributed by atoms with E-state index in [0.29, 0.717) is 23.5 Å². The smallest absolute Gasteiger partial charge is 0.253 e. The first kappa shape index (κ1) is 13.3. The lowest BCUT2D eigenvalue weighted by molar-refractivity contribution is 0.0964. The predicted molar refractivity (Wildman–Crippen MR) is 69.2 cm³/mol. The van der Waals surface area contributed by atoms with Crippen molar-refractivity contribution < 1.29 is 9.53 Å². The number of hydrogen-bond acceptors (Lipinski definition) is 4. The van der Waals surface area contributed by atoms with Crippen LogP contribution in [0.25, 0.3) is 0 Å². The second-order valence-electron chi connectivity index (χ2n) is 3.88. The summed E-state index contributed by atoms with van der Waals surface area (Å²) in [5.74, 6) is -0.142. The molecule has 5 nitrogen and oxygen atoms in total. The van der Waals surface area contributed by atoms with Crippen molar-refractivity contribution in [3.05, 3.63) is 23.8 Å². The van der Waals surface area contributed by atoms with Gasteiger partial charge in [0.25, 0.3) is 5.91 Å². The van der Waals surface area contributed by atoms with E-state index < -0.39 is 0 Å². The van der Waals surface area contributed by atoms with Gasteiger partial charge in [0.2, 0.25) is 0 Å². The topological polar surface area (TPSA) is 76.4 Å². The number of nitrogen functional groups attached to an aromatic ring is 1. The van der Waals surface area contributed by atoms with Gasteiger partial charge in [0.05, 0.1) is 12.2 Å². The van der Waals surface area contributed by atoms with Gasteiger partial charge in [-0.05, 0) is 25.1 Å². The molecular formula is C12H19N3O2. The number of carbonyl (C=O) groups excluding carboxylic acids is 1. The van der Waals surface area contributed by atoms with Crippen molar-refractivity contribution in [1.82, 2.24) is 5.32 Å². The number of amides is 1. The van der Waals surface area contributed by atoms with Crippen LogP contribution in [-0.4, -0.2) is 32.7 Å². The molecule has 0 aromatic heterocycles. The van der Waals surface area contributed by atoms with E-state index in [2.05, 4.69) is 10.6 Å². The molecule has 0 aliphatic rings. The van der Waals surface area contributed by atoms with Crippen molar-refractivity contribution >= 4 is 17.3 Å². The van der Waals surface area contributed by atoms with Crippen LogP contribution in [0.4, 0.5) is 11.4 Å². The Balaban J connectivity index is 2.94. The number of hydrogen-bond donors (Lipinski definition) is 3. The molecule has 0 bridgehead atoms. The molecule has 1 aromatic rings. The summed E-state index contributed by atoms with van der Waals surface area (Å²) in [7, 11) is 3.23. The van der Waals surface area contributed by atoms with Gasteiger partial charge in [0.1, 0.15) is 0 Å². The minimum atomic E-state index is -0.142. The van der Waals surface area contributed by atoms with Crippen LogP contribution in [0, 0.1) is 0 Å². The molecule has 4 N–H and O–H groups in total. The maximum atomic E-state index is 11.7. The largest absolute Gasteiger partial charge is 0.399 e. The van der Waals surface area contributed by atoms with E-state index in [-0.39, 0.29) is 11.9 Å². The lowest BCUT2D eigenvalue weighted by Gasteiger charge is -2.17. The van der Waals surface area contributed by atoms with Crippen LogP contribution in [0.2, 0.25) is 0 Å². The van der Waals surface area contributed by atoms with Crippen LogP contribution in [0.15, 0.2) is 18.2 Å². The zero-order valence-corrected chi connectivity index (χ0v) is 10.4. The van der Waals surface area contributed by atoms with Gasteiger partial charge < -0.3 is 21.1 Å². The minimum absolute atomic E-state index is 0.102. The molecule has 0 aliphatic heterocycles. The van der Waals surface area contributed by atoms with E-state index in [9.17, 15) is 4.79 Å². The normalized spacial score (nSPS) is 11.9. The van der Waals surface area contributed by atoms with Crippen LogP contribution in [-0.2, 0) is 4.74 Å². The number of anilines is 2. The van der Waals surface area contributed by atoms with Gasteiger partial charge in [-0.2, -0.15) is 0 Å². The Hall–Kier alpha value is -1.75. The third-order valence-electron chi connectivity index (χ3n) is 2.33. The fraction of sp³-hybridized carbons (Fsp3) is 0.417. The zero-order valence-electron chi connectivity index (χ0n) is 10.4. The first-order chi connectivity index (χ1) is 8.08. The third-order valence-corrected chi connectivity index (χ3v) is 2.33. The highest BCUT2D eigenvalue weighted by molar-refractivity contribution is 6.00. The van der Waals surface area contributed by atoms with E-state index in [1.807, 2.05) is 6.92 Å². The summed E-state index contributed by atoms with van der Waals surface area (Å²) in [5.41, 5.74) is 7.62. The van der Waals surface area contributed by atoms with Gasteiger partial charge >= 0.3 is 0 Å². The molecule has 1 unspecified atom stereocenters. The third kappa shape index (κ3) is 3.64. The molecule has 17 heavy (non-hydrogen) atoms. The number of ether oxygens (including phenoxy) is 1. The van der Waals surface area contributed by atoms with E-state index in [1.54, 1.807) is 32.4 Å². The second-order valence-corrected chi connectivity index (χ2v) is 3.88. The summed E-state index contributed by atoms with van der Waals surface area (Å²) in [6.45, 7) is 2.53. The quantitative estimate of drug-likeness (QED) is 0.670. The van der Waals surface area contributed by atoms with Crippen LogP contribution in [0.1, 0.15) is 17.3 Å². The summed E-state index contributed by atoms with van der Waals surface area (Å²) < 4.78 is 5.04. The molecule has 0 radical (unpaired) electrons. The Morgan fingerprint density at radius 2 is 2.24 bits per heavy atom. The van der Waals surface area contributed by atoms with Crippen LogP contribution >= 0.6 is 0 Å². The van der Waals surface area contributed by atoms with Crippen molar-refractivity contribution in [1.29, 1.82) is 0 Å². The van der Waals surface area contributed by atoms with Crippen molar-refractivity contribution in [2.24, 2.45) is 0 Å². The van der Waals surface area contributed by atoms with Crippen molar-refractivity contribution in [2.45, 2.75) is 13.0 Å². The molecule has 0 heterocycles. The summed E-state index contributed by atoms with van der Waals surface area (Å²) in [6.07, 6.45) is 0. The molecule has 0 fully saturated rings. The number of carbonyl (C=O) groups is 1. The highest BCUT2D eigenvalue weighted by atomic mass is 16.5. The molecule has 0 spiro atoms. The van der Waals surface area contributed by atoms with E-state index in [1.165, 1.54) is 0 Å². The van der Waals surface area contributed by atoms with Crippen molar-refractivity contribution in [3.8, 4) is 0 Å². The number of methoxy groups -OCH3 is 1. The average Bonchev–Trinajstić information content (AvgIpc) is 2.28. The highest BCUT2D eigenvalue weighted by Crippen LogP contribution is 2.20. The Morgan fingerprint density at radius 1 is 1.53 bits per heavy atom. The SMILES string of the molecule is CNC(=O)c1ccc(N)cc1NC(C)COC. The maximum Gasteiger partial charge on any atom is 0.253 e. The van der Waals surface area contributed by atoms with Crippen LogP contribution < -0.4 is 16.4 Å². The molecule has 5 heteroatoms. The number of benzene rings is 1. The molecule has 1 rings (SSSR count). The molecular weight excluding hydrogens is 218 g/mol. The lowest BCUT2D eigenvalue weighted by atomic mass is 10.1. The van der Waals surface area contributed by atoms with Crippen molar-refractivity contribution in [3.63, 3.8) is 0 Å². The molecule has 0 saturated heterocycles. The van der Waals surface area contributed by atoms with Gasteiger partial charge in [-0.15, -0.1) is 0 Å². The van der Waals surface area contributed by atoms with Crippen molar-refractivity contribution in [2.75, 3.05) is 31.8 Å². The van der Waals surface area contributed by atoms with Gasteiger partial charge in [-0.1, -0.05) is 0 Å². The maximum absolute atomic E-state index is 11.7. The molecule has 1 aromatic carbocycles. The van der Waals surface area contributed by atoms with Gasteiger partial charge in [-0.25, -0.2) is 0 Å². The van der Waals surface area contributed by atoms with Gasteiger partial charge in [-0.3, -0.25) is 4.79 Å². The standard InChI is InChI=1S/C12H19N3O2/c1-8(7-17-3)15-11-6-9(13)4-5-10(11)12(16)14-2/h4-6,8,15H,7,13H2,1-3H3,(H,14,16). The zero-order chi connectivity index (χ0) is 12.8. The average molecular weight is 237 g/mol. The molecule has 1 atom stereocenters. The van der Waals surface area contributed by atoms with Crippen LogP contribution in [0.5, 0.6) is 0 Å². The fourth-order valence-corrected chi connectivity index (χ4v) is 1.57. The first-order valence-corrected chi connectivity index (χ1v) is 5.45. The Kier molecular flexibility index (Phi) is 4.78. The molecule has 94 valence electrons. The summed E-state index contributed by atoms with van der Waals surface area (Å²) in [5, 5.41) is 5.80. The summed E-state index contributed by atoms with van der Waals surface area (Å²) in [4.78, 5) is 11.7. The fourth-order valence-electron chi connectivity index (χ4n) is 1.57. The lowest BCUT2D eigenvalue weighted by Crippen LogP contribution is -2.25. The summed E-state index contributed by atoms with van der Waals surface area (Å²) >= 11 is 0. The van der Waals surface area contributed by atoms with E-state index >= 15 is 0 Å². The summed E-state index contributed by atoms with van der Waals surface area (Å²) in [6, 6.07) is 5.26. The molecule has 0 saturated carbocycles. The molecule has 1 amide bonds. The van der Waals surface area contributed by atoms with Gasteiger partial charge in [0, 0.05) is 31.6 Å². The number of rotatable bonds is 5. The predicted octanol–water partition coefficient (Wildman–Crippen LogP) is 1.08. The highest BCUT2D eigenvalue weighted by Gasteiger charge is 2.12. The van der Waals surface area contributed by atoms with E-state index in [0.717, 1.165) is 0 Å². The second kappa shape index (κ2) is 6.10. The molecule has 0 aliphatic carbocycles. The first-order valence-electron chi connectivity index (χ1n) is 5.45. The number of nitrogens with one attached hydrogen (secondary N) is 2. The van der Waals surface area contributed by atoms with Gasteiger partial charge in [0.15, 0.2) is 0 Å². The minimum Gasteiger partial charge on any atom is -0.399 e. The Morgan fingerprint density at radius 3 is 2.82 bits per heavy atom. The monoisotopic (exact) mass is 237 g/mol. The number of nitrogens with two attached hydrogens (primary N) is 1.